The van der Waals surface area contributed by atoms with Crippen molar-refractivity contribution in [2.75, 3.05) is 0 Å². The van der Waals surface area contributed by atoms with Crippen molar-refractivity contribution >= 4 is 21.9 Å². The molecule has 0 bridgehead atoms. The largest absolute Gasteiger partial charge is 0.474 e. The molecule has 3 nitrogen and oxygen atoms in total. The van der Waals surface area contributed by atoms with Gasteiger partial charge in [-0.15, -0.1) is 0 Å². The van der Waals surface area contributed by atoms with Gasteiger partial charge in [-0.05, 0) is 29.8 Å². The van der Waals surface area contributed by atoms with Crippen molar-refractivity contribution in [1.82, 2.24) is 0 Å². The number of halogens is 1. The summed E-state index contributed by atoms with van der Waals surface area (Å²) in [6, 6.07) is 17.0. The van der Waals surface area contributed by atoms with Crippen molar-refractivity contribution in [3.05, 3.63) is 64.6 Å². The molecule has 19 heavy (non-hydrogen) atoms. The molecule has 1 aliphatic heterocycles. The van der Waals surface area contributed by atoms with Gasteiger partial charge in [-0.2, -0.15) is 0 Å². The summed E-state index contributed by atoms with van der Waals surface area (Å²) < 4.78 is 11.8. The first kappa shape index (κ1) is 12.2. The average Bonchev–Trinajstić information content (AvgIpc) is 2.45. The number of para-hydroxylation sites is 1. The zero-order chi connectivity index (χ0) is 13.2. The van der Waals surface area contributed by atoms with Crippen LogP contribution in [0.2, 0.25) is 0 Å². The quantitative estimate of drug-likeness (QED) is 0.813. The fraction of sp³-hybridized carbons (Fsp3) is 0.133. The van der Waals surface area contributed by atoms with E-state index in [4.69, 9.17) is 9.47 Å². The molecule has 0 amide bonds. The number of cyclic esters (lactones) is 1. The van der Waals surface area contributed by atoms with E-state index in [1.54, 1.807) is 0 Å². The summed E-state index contributed by atoms with van der Waals surface area (Å²) in [6.45, 7) is 0. The Morgan fingerprint density at radius 2 is 1.68 bits per heavy atom. The van der Waals surface area contributed by atoms with Gasteiger partial charge in [0.05, 0.1) is 0 Å². The Labute approximate surface area is 119 Å². The zero-order valence-corrected chi connectivity index (χ0v) is 11.5. The predicted molar refractivity (Wildman–Crippen MR) is 73.8 cm³/mol. The van der Waals surface area contributed by atoms with Gasteiger partial charge in [0.2, 0.25) is 6.10 Å². The lowest BCUT2D eigenvalue weighted by molar-refractivity contribution is -0.194. The highest BCUT2D eigenvalue weighted by Gasteiger charge is 2.45. The Hall–Kier alpha value is -1.81. The minimum Gasteiger partial charge on any atom is -0.474 e. The topological polar surface area (TPSA) is 35.5 Å². The van der Waals surface area contributed by atoms with E-state index in [9.17, 15) is 4.79 Å². The Balaban J connectivity index is 1.77. The van der Waals surface area contributed by atoms with Crippen LogP contribution in [-0.4, -0.2) is 12.1 Å². The van der Waals surface area contributed by atoms with Gasteiger partial charge in [0, 0.05) is 4.47 Å². The van der Waals surface area contributed by atoms with Crippen molar-refractivity contribution in [3.63, 3.8) is 0 Å². The summed E-state index contributed by atoms with van der Waals surface area (Å²) in [6.07, 6.45) is -0.899. The Morgan fingerprint density at radius 1 is 1.00 bits per heavy atom. The van der Waals surface area contributed by atoms with Crippen molar-refractivity contribution in [2.45, 2.75) is 12.2 Å². The minimum atomic E-state index is -0.566. The lowest BCUT2D eigenvalue weighted by Gasteiger charge is -2.35. The van der Waals surface area contributed by atoms with Crippen LogP contribution in [0, 0.1) is 0 Å². The van der Waals surface area contributed by atoms with E-state index in [0.717, 1.165) is 10.0 Å². The van der Waals surface area contributed by atoms with E-state index < -0.39 is 6.10 Å². The highest BCUT2D eigenvalue weighted by molar-refractivity contribution is 9.10. The SMILES string of the molecule is O=C1O[C@H](c2ccc(Br)cc2)[C@@H]1Oc1ccccc1. The van der Waals surface area contributed by atoms with Crippen LogP contribution in [0.3, 0.4) is 0 Å². The highest BCUT2D eigenvalue weighted by atomic mass is 79.9. The van der Waals surface area contributed by atoms with Crippen LogP contribution in [0.5, 0.6) is 5.75 Å². The molecule has 0 saturated carbocycles. The molecule has 96 valence electrons. The van der Waals surface area contributed by atoms with Crippen LogP contribution in [0.4, 0.5) is 0 Å². The average molecular weight is 319 g/mol. The van der Waals surface area contributed by atoms with Gasteiger partial charge in [0.1, 0.15) is 5.75 Å². The fourth-order valence-corrected chi connectivity index (χ4v) is 2.22. The molecule has 1 aliphatic rings. The standard InChI is InChI=1S/C15H11BrO3/c16-11-8-6-10(7-9-11)13-14(15(17)19-13)18-12-4-2-1-3-5-12/h1-9,13-14H/t13-,14+/m1/s1. The van der Waals surface area contributed by atoms with E-state index in [0.29, 0.717) is 5.75 Å². The second-order valence-corrected chi connectivity index (χ2v) is 5.18. The van der Waals surface area contributed by atoms with E-state index in [2.05, 4.69) is 15.9 Å². The minimum absolute atomic E-state index is 0.322. The van der Waals surface area contributed by atoms with Crippen LogP contribution in [0.1, 0.15) is 11.7 Å². The normalized spacial score (nSPS) is 21.4. The summed E-state index contributed by atoms with van der Waals surface area (Å²) in [7, 11) is 0. The summed E-state index contributed by atoms with van der Waals surface area (Å²) >= 11 is 3.38. The molecule has 0 aliphatic carbocycles. The van der Waals surface area contributed by atoms with Gasteiger partial charge in [-0.3, -0.25) is 0 Å². The summed E-state index contributed by atoms with van der Waals surface area (Å²) in [4.78, 5) is 11.5. The lowest BCUT2D eigenvalue weighted by atomic mass is 10.00. The van der Waals surface area contributed by atoms with Gasteiger partial charge in [-0.25, -0.2) is 4.79 Å². The summed E-state index contributed by atoms with van der Waals surface area (Å²) in [5, 5.41) is 0. The zero-order valence-electron chi connectivity index (χ0n) is 9.95. The van der Waals surface area contributed by atoms with Crippen molar-refractivity contribution in [3.8, 4) is 5.75 Å². The third-order valence-corrected chi connectivity index (χ3v) is 3.48. The second kappa shape index (κ2) is 5.05. The molecule has 0 aromatic heterocycles. The maximum absolute atomic E-state index is 11.5. The van der Waals surface area contributed by atoms with E-state index in [1.807, 2.05) is 54.6 Å². The molecule has 4 heteroatoms. The van der Waals surface area contributed by atoms with Crippen molar-refractivity contribution in [1.29, 1.82) is 0 Å². The number of ether oxygens (including phenoxy) is 2. The number of hydrogen-bond acceptors (Lipinski definition) is 3. The van der Waals surface area contributed by atoms with E-state index >= 15 is 0 Å². The number of rotatable bonds is 3. The first-order valence-corrected chi connectivity index (χ1v) is 6.71. The molecule has 0 N–H and O–H groups in total. The molecular formula is C15H11BrO3. The van der Waals surface area contributed by atoms with E-state index in [1.165, 1.54) is 0 Å². The molecular weight excluding hydrogens is 308 g/mol. The molecule has 3 rings (SSSR count). The van der Waals surface area contributed by atoms with Crippen LogP contribution >= 0.6 is 15.9 Å². The van der Waals surface area contributed by atoms with Crippen molar-refractivity contribution < 1.29 is 14.3 Å². The van der Waals surface area contributed by atoms with Gasteiger partial charge in [-0.1, -0.05) is 46.3 Å². The molecule has 1 fully saturated rings. The molecule has 2 aromatic rings. The first-order valence-electron chi connectivity index (χ1n) is 5.92. The van der Waals surface area contributed by atoms with Crippen LogP contribution in [0.15, 0.2) is 59.1 Å². The van der Waals surface area contributed by atoms with Crippen LogP contribution in [0.25, 0.3) is 0 Å². The molecule has 2 atom stereocenters. The molecule has 1 saturated heterocycles. The van der Waals surface area contributed by atoms with Gasteiger partial charge in [0.15, 0.2) is 6.10 Å². The van der Waals surface area contributed by atoms with Crippen LogP contribution in [-0.2, 0) is 9.53 Å². The Morgan fingerprint density at radius 3 is 2.32 bits per heavy atom. The molecule has 0 spiro atoms. The Kier molecular flexibility index (Phi) is 3.25. The molecule has 0 unspecified atom stereocenters. The smallest absolute Gasteiger partial charge is 0.352 e. The molecule has 0 radical (unpaired) electrons. The second-order valence-electron chi connectivity index (χ2n) is 4.26. The van der Waals surface area contributed by atoms with E-state index in [-0.39, 0.29) is 12.1 Å². The third-order valence-electron chi connectivity index (χ3n) is 2.96. The predicted octanol–water partition coefficient (Wildman–Crippen LogP) is 3.49. The lowest BCUT2D eigenvalue weighted by Crippen LogP contribution is -2.47. The monoisotopic (exact) mass is 318 g/mol. The molecule has 1 heterocycles. The molecule has 2 aromatic carbocycles. The number of hydrogen-bond donors (Lipinski definition) is 0. The number of carbonyl (C=O) groups is 1. The van der Waals surface area contributed by atoms with Gasteiger partial charge in [0.25, 0.3) is 0 Å². The highest BCUT2D eigenvalue weighted by Crippen LogP contribution is 2.34. The first-order chi connectivity index (χ1) is 9.24. The fourth-order valence-electron chi connectivity index (χ4n) is 1.96. The van der Waals surface area contributed by atoms with Gasteiger partial charge >= 0.3 is 5.97 Å². The summed E-state index contributed by atoms with van der Waals surface area (Å²) in [5.74, 6) is 0.350. The number of carbonyl (C=O) groups excluding carboxylic acids is 1. The maximum Gasteiger partial charge on any atom is 0.352 e. The Bertz CT molecular complexity index is 580. The van der Waals surface area contributed by atoms with Gasteiger partial charge < -0.3 is 9.47 Å². The summed E-state index contributed by atoms with van der Waals surface area (Å²) in [5.41, 5.74) is 0.934. The number of esters is 1. The van der Waals surface area contributed by atoms with Crippen LogP contribution < -0.4 is 4.74 Å². The third kappa shape index (κ3) is 2.49. The number of benzene rings is 2. The van der Waals surface area contributed by atoms with Crippen molar-refractivity contribution in [2.24, 2.45) is 0 Å². The maximum atomic E-state index is 11.5.